The number of benzene rings is 1. The Kier molecular flexibility index (Phi) is 5.73. The lowest BCUT2D eigenvalue weighted by molar-refractivity contribution is -0.133. The Morgan fingerprint density at radius 2 is 1.72 bits per heavy atom. The molecular formula is C15H23NOS. The SMILES string of the molecule is CC(C)C(S)C(=O)N(Cc1ccccc1)C(C)C. The predicted molar refractivity (Wildman–Crippen MR) is 79.7 cm³/mol. The molecule has 2 nitrogen and oxygen atoms in total. The van der Waals surface area contributed by atoms with Gasteiger partial charge in [0.15, 0.2) is 0 Å². The Morgan fingerprint density at radius 3 is 2.17 bits per heavy atom. The van der Waals surface area contributed by atoms with Crippen molar-refractivity contribution in [2.45, 2.75) is 45.5 Å². The zero-order chi connectivity index (χ0) is 13.7. The summed E-state index contributed by atoms with van der Waals surface area (Å²) in [5.41, 5.74) is 1.16. The quantitative estimate of drug-likeness (QED) is 0.809. The fourth-order valence-corrected chi connectivity index (χ4v) is 1.90. The summed E-state index contributed by atoms with van der Waals surface area (Å²) in [4.78, 5) is 14.3. The molecule has 0 N–H and O–H groups in total. The van der Waals surface area contributed by atoms with Crippen LogP contribution in [-0.4, -0.2) is 22.1 Å². The fourth-order valence-electron chi connectivity index (χ4n) is 1.75. The summed E-state index contributed by atoms with van der Waals surface area (Å²) in [6.07, 6.45) is 0. The first-order valence-electron chi connectivity index (χ1n) is 6.46. The zero-order valence-electron chi connectivity index (χ0n) is 11.6. The Bertz CT molecular complexity index is 375. The van der Waals surface area contributed by atoms with Crippen LogP contribution in [0.15, 0.2) is 30.3 Å². The maximum absolute atomic E-state index is 12.4. The molecule has 0 spiro atoms. The number of nitrogens with zero attached hydrogens (tertiary/aromatic N) is 1. The van der Waals surface area contributed by atoms with E-state index in [4.69, 9.17) is 0 Å². The molecule has 1 aromatic carbocycles. The molecule has 100 valence electrons. The second-order valence-corrected chi connectivity index (χ2v) is 5.79. The monoisotopic (exact) mass is 265 g/mol. The van der Waals surface area contributed by atoms with Crippen LogP contribution in [0.1, 0.15) is 33.3 Å². The minimum Gasteiger partial charge on any atom is -0.335 e. The van der Waals surface area contributed by atoms with Crippen LogP contribution in [0.4, 0.5) is 0 Å². The molecule has 0 aromatic heterocycles. The standard InChI is InChI=1S/C15H23NOS/c1-11(2)14(18)15(17)16(12(3)4)10-13-8-6-5-7-9-13/h5-9,11-12,14,18H,10H2,1-4H3. The molecule has 0 bridgehead atoms. The highest BCUT2D eigenvalue weighted by molar-refractivity contribution is 7.81. The summed E-state index contributed by atoms with van der Waals surface area (Å²) in [6.45, 7) is 8.79. The fraction of sp³-hybridized carbons (Fsp3) is 0.533. The minimum absolute atomic E-state index is 0.118. The molecule has 1 aromatic rings. The first kappa shape index (κ1) is 15.1. The van der Waals surface area contributed by atoms with Crippen molar-refractivity contribution in [3.63, 3.8) is 0 Å². The summed E-state index contributed by atoms with van der Waals surface area (Å²) in [7, 11) is 0. The molecule has 0 heterocycles. The van der Waals surface area contributed by atoms with Gasteiger partial charge in [0.2, 0.25) is 5.91 Å². The number of thiol groups is 1. The molecule has 0 saturated heterocycles. The van der Waals surface area contributed by atoms with E-state index >= 15 is 0 Å². The molecule has 0 aliphatic heterocycles. The number of hydrogen-bond donors (Lipinski definition) is 1. The van der Waals surface area contributed by atoms with Gasteiger partial charge in [0.25, 0.3) is 0 Å². The summed E-state index contributed by atoms with van der Waals surface area (Å²) < 4.78 is 0. The van der Waals surface area contributed by atoms with Gasteiger partial charge in [0.05, 0.1) is 5.25 Å². The number of carbonyl (C=O) groups is 1. The van der Waals surface area contributed by atoms with Crippen molar-refractivity contribution in [3.8, 4) is 0 Å². The van der Waals surface area contributed by atoms with Crippen molar-refractivity contribution < 1.29 is 4.79 Å². The molecule has 3 heteroatoms. The van der Waals surface area contributed by atoms with Gasteiger partial charge in [-0.2, -0.15) is 12.6 Å². The van der Waals surface area contributed by atoms with Crippen molar-refractivity contribution in [1.29, 1.82) is 0 Å². The first-order chi connectivity index (χ1) is 8.43. The lowest BCUT2D eigenvalue weighted by Gasteiger charge is -2.30. The van der Waals surface area contributed by atoms with E-state index in [1.54, 1.807) is 0 Å². The van der Waals surface area contributed by atoms with E-state index < -0.39 is 0 Å². The maximum Gasteiger partial charge on any atom is 0.236 e. The molecule has 0 fully saturated rings. The first-order valence-corrected chi connectivity index (χ1v) is 6.97. The minimum atomic E-state index is -0.226. The van der Waals surface area contributed by atoms with Gasteiger partial charge in [-0.25, -0.2) is 0 Å². The van der Waals surface area contributed by atoms with Crippen molar-refractivity contribution in [1.82, 2.24) is 4.90 Å². The van der Waals surface area contributed by atoms with E-state index in [1.165, 1.54) is 0 Å². The van der Waals surface area contributed by atoms with Crippen LogP contribution in [0.3, 0.4) is 0 Å². The van der Waals surface area contributed by atoms with E-state index in [2.05, 4.69) is 12.6 Å². The van der Waals surface area contributed by atoms with Crippen LogP contribution in [0.5, 0.6) is 0 Å². The van der Waals surface area contributed by atoms with E-state index in [9.17, 15) is 4.79 Å². The van der Waals surface area contributed by atoms with Crippen molar-refractivity contribution >= 4 is 18.5 Å². The van der Waals surface area contributed by atoms with E-state index in [0.717, 1.165) is 5.56 Å². The van der Waals surface area contributed by atoms with Crippen LogP contribution >= 0.6 is 12.6 Å². The van der Waals surface area contributed by atoms with Gasteiger partial charge in [-0.1, -0.05) is 44.2 Å². The van der Waals surface area contributed by atoms with E-state index in [1.807, 2.05) is 62.9 Å². The topological polar surface area (TPSA) is 20.3 Å². The van der Waals surface area contributed by atoms with Gasteiger partial charge in [-0.3, -0.25) is 4.79 Å². The predicted octanol–water partition coefficient (Wildman–Crippen LogP) is 3.38. The van der Waals surface area contributed by atoms with Crippen LogP contribution in [0.25, 0.3) is 0 Å². The number of hydrogen-bond acceptors (Lipinski definition) is 2. The molecule has 18 heavy (non-hydrogen) atoms. The molecule has 1 amide bonds. The van der Waals surface area contributed by atoms with Crippen LogP contribution < -0.4 is 0 Å². The van der Waals surface area contributed by atoms with Gasteiger partial charge in [-0.15, -0.1) is 0 Å². The Labute approximate surface area is 116 Å². The second kappa shape index (κ2) is 6.83. The van der Waals surface area contributed by atoms with Gasteiger partial charge < -0.3 is 4.90 Å². The average molecular weight is 265 g/mol. The third kappa shape index (κ3) is 4.05. The van der Waals surface area contributed by atoms with Gasteiger partial charge in [-0.05, 0) is 25.3 Å². The Hall–Kier alpha value is -0.960. The van der Waals surface area contributed by atoms with Crippen LogP contribution in [-0.2, 0) is 11.3 Å². The summed E-state index contributed by atoms with van der Waals surface area (Å²) in [5, 5.41) is -0.226. The van der Waals surface area contributed by atoms with Gasteiger partial charge in [0.1, 0.15) is 0 Å². The molecule has 1 rings (SSSR count). The molecule has 0 saturated carbocycles. The summed E-state index contributed by atoms with van der Waals surface area (Å²) in [5.74, 6) is 0.366. The molecule has 1 unspecified atom stereocenters. The largest absolute Gasteiger partial charge is 0.335 e. The van der Waals surface area contributed by atoms with Crippen molar-refractivity contribution in [2.24, 2.45) is 5.92 Å². The molecule has 0 radical (unpaired) electrons. The average Bonchev–Trinajstić information content (AvgIpc) is 2.35. The van der Waals surface area contributed by atoms with Gasteiger partial charge in [0, 0.05) is 12.6 Å². The third-order valence-corrected chi connectivity index (χ3v) is 3.80. The lowest BCUT2D eigenvalue weighted by Crippen LogP contribution is -2.42. The Morgan fingerprint density at radius 1 is 1.17 bits per heavy atom. The Balaban J connectivity index is 2.81. The molecule has 1 atom stereocenters. The second-order valence-electron chi connectivity index (χ2n) is 5.23. The highest BCUT2D eigenvalue weighted by Crippen LogP contribution is 2.17. The zero-order valence-corrected chi connectivity index (χ0v) is 12.5. The smallest absolute Gasteiger partial charge is 0.236 e. The van der Waals surface area contributed by atoms with Crippen molar-refractivity contribution in [3.05, 3.63) is 35.9 Å². The van der Waals surface area contributed by atoms with E-state index in [0.29, 0.717) is 6.54 Å². The van der Waals surface area contributed by atoms with E-state index in [-0.39, 0.29) is 23.1 Å². The normalized spacial score (nSPS) is 12.8. The molecule has 0 aliphatic rings. The highest BCUT2D eigenvalue weighted by Gasteiger charge is 2.25. The highest BCUT2D eigenvalue weighted by atomic mass is 32.1. The number of amides is 1. The lowest BCUT2D eigenvalue weighted by atomic mass is 10.1. The summed E-state index contributed by atoms with van der Waals surface area (Å²) in [6, 6.07) is 10.3. The third-order valence-electron chi connectivity index (χ3n) is 2.99. The summed E-state index contributed by atoms with van der Waals surface area (Å²) >= 11 is 4.43. The molecule has 0 aliphatic carbocycles. The van der Waals surface area contributed by atoms with Crippen LogP contribution in [0, 0.1) is 5.92 Å². The van der Waals surface area contributed by atoms with Gasteiger partial charge >= 0.3 is 0 Å². The van der Waals surface area contributed by atoms with Crippen LogP contribution in [0.2, 0.25) is 0 Å². The number of rotatable bonds is 5. The number of carbonyl (C=O) groups excluding carboxylic acids is 1. The molecular weight excluding hydrogens is 242 g/mol. The maximum atomic E-state index is 12.4. The van der Waals surface area contributed by atoms with Crippen molar-refractivity contribution in [2.75, 3.05) is 0 Å².